The van der Waals surface area contributed by atoms with Crippen LogP contribution in [0.25, 0.3) is 77.9 Å². The zero-order valence-corrected chi connectivity index (χ0v) is 44.6. The first kappa shape index (κ1) is 49.1. The van der Waals surface area contributed by atoms with Gasteiger partial charge in [0.1, 0.15) is 0 Å². The standard InChI is InChI=1S/C76H60N2/c1-53-49-69(77(73-31-19-17-29-71(73)65-25-13-7-14-26-65)67-45-41-63(42-46-67)61-37-33-59(34-38-61)57-21-9-5-10-22-57)50-54(2)75(53)76-55(3)51-70(52-56(76)4)78(74-32-20-18-30-72(74)66-27-15-8-16-28-66)68-47-43-64(44-48-68)62-39-35-60(36-40-62)58-23-11-6-12-24-58/h5-52H,1-4H3. The van der Waals surface area contributed by atoms with Gasteiger partial charge in [-0.05, 0) is 177 Å². The van der Waals surface area contributed by atoms with Crippen LogP contribution in [0.1, 0.15) is 22.3 Å². The maximum Gasteiger partial charge on any atom is 0.0540 e. The summed E-state index contributed by atoms with van der Waals surface area (Å²) in [7, 11) is 0. The van der Waals surface area contributed by atoms with E-state index in [4.69, 9.17) is 0 Å². The van der Waals surface area contributed by atoms with Crippen LogP contribution in [0.2, 0.25) is 0 Å². The fraction of sp³-hybridized carbons (Fsp3) is 0.0526. The van der Waals surface area contributed by atoms with Gasteiger partial charge in [0.25, 0.3) is 0 Å². The summed E-state index contributed by atoms with van der Waals surface area (Å²) in [4.78, 5) is 4.87. The Hall–Kier alpha value is -9.76. The zero-order valence-electron chi connectivity index (χ0n) is 44.6. The molecule has 78 heavy (non-hydrogen) atoms. The molecule has 0 saturated heterocycles. The van der Waals surface area contributed by atoms with Crippen LogP contribution >= 0.6 is 0 Å². The van der Waals surface area contributed by atoms with Crippen molar-refractivity contribution < 1.29 is 0 Å². The molecule has 0 aliphatic heterocycles. The molecule has 2 heteroatoms. The molecule has 0 aromatic heterocycles. The van der Waals surface area contributed by atoms with Crippen molar-refractivity contribution in [1.29, 1.82) is 0 Å². The smallest absolute Gasteiger partial charge is 0.0540 e. The van der Waals surface area contributed by atoms with Gasteiger partial charge in [-0.2, -0.15) is 0 Å². The van der Waals surface area contributed by atoms with E-state index in [1.54, 1.807) is 0 Å². The van der Waals surface area contributed by atoms with Crippen molar-refractivity contribution in [1.82, 2.24) is 0 Å². The summed E-state index contributed by atoms with van der Waals surface area (Å²) in [5, 5.41) is 0. The summed E-state index contributed by atoms with van der Waals surface area (Å²) >= 11 is 0. The van der Waals surface area contributed by atoms with Gasteiger partial charge >= 0.3 is 0 Å². The van der Waals surface area contributed by atoms with E-state index in [-0.39, 0.29) is 0 Å². The van der Waals surface area contributed by atoms with E-state index in [9.17, 15) is 0 Å². The first-order valence-electron chi connectivity index (χ1n) is 27.0. The lowest BCUT2D eigenvalue weighted by molar-refractivity contribution is 1.23. The highest BCUT2D eigenvalue weighted by Crippen LogP contribution is 2.47. The maximum atomic E-state index is 2.43. The van der Waals surface area contributed by atoms with E-state index in [0.29, 0.717) is 0 Å². The van der Waals surface area contributed by atoms with Gasteiger partial charge in [0.05, 0.1) is 11.4 Å². The lowest BCUT2D eigenvalue weighted by atomic mass is 9.88. The second kappa shape index (κ2) is 21.8. The lowest BCUT2D eigenvalue weighted by Gasteiger charge is -2.31. The average Bonchev–Trinajstić information content (AvgIpc) is 3.58. The van der Waals surface area contributed by atoms with Crippen LogP contribution < -0.4 is 9.80 Å². The predicted octanol–water partition coefficient (Wildman–Crippen LogP) is 21.5. The number of hydrogen-bond donors (Lipinski definition) is 0. The lowest BCUT2D eigenvalue weighted by Crippen LogP contribution is -2.13. The van der Waals surface area contributed by atoms with Crippen LogP contribution in [0.4, 0.5) is 34.1 Å². The second-order valence-electron chi connectivity index (χ2n) is 20.3. The van der Waals surface area contributed by atoms with Crippen molar-refractivity contribution >= 4 is 34.1 Å². The minimum Gasteiger partial charge on any atom is -0.310 e. The summed E-state index contributed by atoms with van der Waals surface area (Å²) < 4.78 is 0. The number of anilines is 6. The Morgan fingerprint density at radius 3 is 0.692 bits per heavy atom. The van der Waals surface area contributed by atoms with Crippen molar-refractivity contribution in [3.8, 4) is 77.9 Å². The average molecular weight is 1000 g/mol. The molecule has 0 fully saturated rings. The number of rotatable bonds is 13. The molecule has 0 radical (unpaired) electrons. The number of nitrogens with zero attached hydrogens (tertiary/aromatic N) is 2. The van der Waals surface area contributed by atoms with Crippen LogP contribution in [0.3, 0.4) is 0 Å². The van der Waals surface area contributed by atoms with Crippen molar-refractivity contribution in [2.75, 3.05) is 9.80 Å². The molecule has 0 saturated carbocycles. The van der Waals surface area contributed by atoms with Crippen LogP contribution in [0, 0.1) is 27.7 Å². The Labute approximate surface area is 460 Å². The Morgan fingerprint density at radius 1 is 0.192 bits per heavy atom. The van der Waals surface area contributed by atoms with E-state index in [1.165, 1.54) is 100 Å². The highest BCUT2D eigenvalue weighted by molar-refractivity contribution is 5.93. The molecule has 0 N–H and O–H groups in total. The second-order valence-corrected chi connectivity index (χ2v) is 20.3. The van der Waals surface area contributed by atoms with Gasteiger partial charge in [-0.25, -0.2) is 0 Å². The van der Waals surface area contributed by atoms with E-state index >= 15 is 0 Å². The SMILES string of the molecule is Cc1cc(N(c2ccc(-c3ccc(-c4ccccc4)cc3)cc2)c2ccccc2-c2ccccc2)cc(C)c1-c1c(C)cc(N(c2ccc(-c3ccc(-c4ccccc4)cc3)cc2)c2ccccc2-c2ccccc2)cc1C. The van der Waals surface area contributed by atoms with Crippen LogP contribution in [-0.2, 0) is 0 Å². The first-order chi connectivity index (χ1) is 38.3. The largest absolute Gasteiger partial charge is 0.310 e. The van der Waals surface area contributed by atoms with Gasteiger partial charge in [0.2, 0.25) is 0 Å². The van der Waals surface area contributed by atoms with Gasteiger partial charge in [-0.1, -0.05) is 231 Å². The first-order valence-corrected chi connectivity index (χ1v) is 27.0. The van der Waals surface area contributed by atoms with Crippen LogP contribution in [0.5, 0.6) is 0 Å². The highest BCUT2D eigenvalue weighted by Gasteiger charge is 2.23. The third-order valence-electron chi connectivity index (χ3n) is 15.2. The molecule has 2 nitrogen and oxygen atoms in total. The molecule has 0 aliphatic rings. The molecule has 374 valence electrons. The molecule has 12 rings (SSSR count). The molecule has 0 aliphatic carbocycles. The van der Waals surface area contributed by atoms with E-state index in [0.717, 1.165) is 34.1 Å². The highest BCUT2D eigenvalue weighted by atomic mass is 15.2. The summed E-state index contributed by atoms with van der Waals surface area (Å²) in [6.07, 6.45) is 0. The minimum absolute atomic E-state index is 1.09. The summed E-state index contributed by atoms with van der Waals surface area (Å²) in [5.74, 6) is 0. The van der Waals surface area contributed by atoms with Gasteiger partial charge < -0.3 is 9.80 Å². The fourth-order valence-electron chi connectivity index (χ4n) is 11.4. The number of para-hydroxylation sites is 2. The topological polar surface area (TPSA) is 6.48 Å². The molecule has 0 heterocycles. The number of benzene rings is 12. The Morgan fingerprint density at radius 2 is 0.410 bits per heavy atom. The normalized spacial score (nSPS) is 11.1. The molecular formula is C76H60N2. The molecule has 0 unspecified atom stereocenters. The molecule has 0 spiro atoms. The molecular weight excluding hydrogens is 941 g/mol. The summed E-state index contributed by atoms with van der Waals surface area (Å²) in [6, 6.07) is 106. The Bertz CT molecular complexity index is 3680. The molecule has 12 aromatic rings. The Kier molecular flexibility index (Phi) is 13.8. The molecule has 0 bridgehead atoms. The van der Waals surface area contributed by atoms with Gasteiger partial charge in [0.15, 0.2) is 0 Å². The summed E-state index contributed by atoms with van der Waals surface area (Å²) in [5.41, 5.74) is 28.4. The van der Waals surface area contributed by atoms with Gasteiger partial charge in [-0.3, -0.25) is 0 Å². The van der Waals surface area contributed by atoms with E-state index in [1.807, 2.05) is 0 Å². The van der Waals surface area contributed by atoms with Crippen LogP contribution in [0.15, 0.2) is 291 Å². The number of aryl methyl sites for hydroxylation is 4. The predicted molar refractivity (Wildman–Crippen MR) is 333 cm³/mol. The monoisotopic (exact) mass is 1000 g/mol. The molecule has 0 amide bonds. The van der Waals surface area contributed by atoms with Crippen molar-refractivity contribution in [2.45, 2.75) is 27.7 Å². The molecule has 12 aromatic carbocycles. The third kappa shape index (κ3) is 9.96. The van der Waals surface area contributed by atoms with Gasteiger partial charge in [0, 0.05) is 33.9 Å². The minimum atomic E-state index is 1.09. The van der Waals surface area contributed by atoms with Crippen molar-refractivity contribution in [3.63, 3.8) is 0 Å². The van der Waals surface area contributed by atoms with Crippen molar-refractivity contribution in [3.05, 3.63) is 313 Å². The molecule has 0 atom stereocenters. The summed E-state index contributed by atoms with van der Waals surface area (Å²) in [6.45, 7) is 9.12. The zero-order chi connectivity index (χ0) is 53.0. The van der Waals surface area contributed by atoms with Crippen LogP contribution in [-0.4, -0.2) is 0 Å². The third-order valence-corrected chi connectivity index (χ3v) is 15.2. The Balaban J connectivity index is 0.923. The quantitative estimate of drug-likeness (QED) is 0.114. The maximum absolute atomic E-state index is 2.43. The fourth-order valence-corrected chi connectivity index (χ4v) is 11.4. The number of hydrogen-bond acceptors (Lipinski definition) is 2. The van der Waals surface area contributed by atoms with E-state index in [2.05, 4.69) is 329 Å². The van der Waals surface area contributed by atoms with E-state index < -0.39 is 0 Å². The van der Waals surface area contributed by atoms with Crippen molar-refractivity contribution in [2.24, 2.45) is 0 Å². The van der Waals surface area contributed by atoms with Gasteiger partial charge in [-0.15, -0.1) is 0 Å².